The van der Waals surface area contributed by atoms with E-state index in [4.69, 9.17) is 0 Å². The number of hydrogen-bond donors (Lipinski definition) is 0. The highest BCUT2D eigenvalue weighted by molar-refractivity contribution is 7.92. The van der Waals surface area contributed by atoms with Crippen molar-refractivity contribution in [3.05, 3.63) is 0 Å². The van der Waals surface area contributed by atoms with Gasteiger partial charge in [0.25, 0.3) is 0 Å². The van der Waals surface area contributed by atoms with Crippen LogP contribution in [-0.4, -0.2) is 0 Å². The molecular weight excluding hydrogens is 134 g/mol. The minimum Gasteiger partial charge on any atom is -0.118 e. The van der Waals surface area contributed by atoms with Crippen molar-refractivity contribution < 1.29 is 0 Å². The van der Waals surface area contributed by atoms with Gasteiger partial charge >= 0.3 is 0 Å². The van der Waals surface area contributed by atoms with Gasteiger partial charge in [-0.3, -0.25) is 0 Å². The van der Waals surface area contributed by atoms with Crippen LogP contribution in [0.25, 0.3) is 0 Å². The van der Waals surface area contributed by atoms with Gasteiger partial charge in [-0.25, -0.2) is 0 Å². The first-order valence-electron chi connectivity index (χ1n) is 3.33. The molecule has 0 fully saturated rings. The van der Waals surface area contributed by atoms with Gasteiger partial charge in [0.15, 0.2) is 0 Å². The van der Waals surface area contributed by atoms with Gasteiger partial charge in [0.05, 0.1) is 0 Å². The van der Waals surface area contributed by atoms with Crippen molar-refractivity contribution in [3.8, 4) is 0 Å². The van der Waals surface area contributed by atoms with Gasteiger partial charge in [-0.1, -0.05) is 41.5 Å². The molecule has 0 rings (SSSR count). The summed E-state index contributed by atoms with van der Waals surface area (Å²) in [6, 6.07) is 0. The highest BCUT2D eigenvalue weighted by Gasteiger charge is 0.936. The predicted octanol–water partition coefficient (Wildman–Crippen LogP) is 3.73. The Morgan fingerprint density at radius 3 is 0.500 bits per heavy atom. The summed E-state index contributed by atoms with van der Waals surface area (Å²) < 4.78 is 0. The predicted molar refractivity (Wildman–Crippen MR) is 53.5 cm³/mol. The molecule has 2 atom stereocenters. The lowest BCUT2D eigenvalue weighted by molar-refractivity contribution is 1.50. The lowest BCUT2D eigenvalue weighted by Gasteiger charge is -1.12. The Balaban J connectivity index is -0.0000000133. The quantitative estimate of drug-likeness (QED) is 0.469. The average Bonchev–Trinajstić information content (AvgIpc) is 2.03. The second kappa shape index (κ2) is 500. The highest BCUT2D eigenvalue weighted by atomic mass is 32.0. The second-order valence-corrected chi connectivity index (χ2v) is 0. The maximum atomic E-state index is 2.33. The van der Waals surface area contributed by atoms with Crippen LogP contribution in [0.2, 0.25) is 0 Å². The molecular formula is C6H22P2. The van der Waals surface area contributed by atoms with Crippen molar-refractivity contribution in [2.24, 2.45) is 0 Å². The first kappa shape index (κ1) is 23.2. The molecule has 0 aromatic carbocycles. The van der Waals surface area contributed by atoms with Crippen LogP contribution >= 0.6 is 17.9 Å². The Morgan fingerprint density at radius 1 is 0.500 bits per heavy atom. The lowest BCUT2D eigenvalue weighted by Crippen LogP contribution is -0.856. The Labute approximate surface area is 60.1 Å². The minimum absolute atomic E-state index is 2.00. The van der Waals surface area contributed by atoms with E-state index in [0.29, 0.717) is 0 Å². The summed E-state index contributed by atoms with van der Waals surface area (Å²) in [5, 5.41) is 0. The van der Waals surface area contributed by atoms with E-state index in [2.05, 4.69) is 17.9 Å². The summed E-state index contributed by atoms with van der Waals surface area (Å²) in [7, 11) is 4.67. The maximum absolute atomic E-state index is 2.33. The zero-order valence-corrected chi connectivity index (χ0v) is 9.46. The molecule has 0 radical (unpaired) electrons. The molecule has 0 saturated carbocycles. The third-order valence-corrected chi connectivity index (χ3v) is 0. The summed E-state index contributed by atoms with van der Waals surface area (Å²) in [4.78, 5) is 0. The van der Waals surface area contributed by atoms with Crippen LogP contribution in [-0.2, 0) is 0 Å². The molecule has 0 amide bonds. The van der Waals surface area contributed by atoms with Crippen molar-refractivity contribution in [2.45, 2.75) is 41.5 Å². The van der Waals surface area contributed by atoms with Crippen LogP contribution in [0.15, 0.2) is 0 Å². The van der Waals surface area contributed by atoms with Crippen molar-refractivity contribution in [3.63, 3.8) is 0 Å². The molecule has 0 saturated heterocycles. The molecule has 2 unspecified atom stereocenters. The Morgan fingerprint density at radius 2 is 0.500 bits per heavy atom. The fourth-order valence-corrected chi connectivity index (χ4v) is 0. The molecule has 0 bridgehead atoms. The maximum Gasteiger partial charge on any atom is -0.0683 e. The van der Waals surface area contributed by atoms with Crippen LogP contribution < -0.4 is 0 Å². The van der Waals surface area contributed by atoms with Gasteiger partial charge < -0.3 is 0 Å². The van der Waals surface area contributed by atoms with E-state index in [9.17, 15) is 0 Å². The van der Waals surface area contributed by atoms with Gasteiger partial charge in [0.2, 0.25) is 0 Å². The average molecular weight is 156 g/mol. The van der Waals surface area contributed by atoms with Crippen LogP contribution in [0.3, 0.4) is 0 Å². The molecule has 2 heteroatoms. The first-order chi connectivity index (χ1) is 4.00. The van der Waals surface area contributed by atoms with Gasteiger partial charge in [0, 0.05) is 0 Å². The minimum atomic E-state index is 2.00. The van der Waals surface area contributed by atoms with Crippen molar-refractivity contribution in [2.75, 3.05) is 0 Å². The summed E-state index contributed by atoms with van der Waals surface area (Å²) in [6.07, 6.45) is 0. The molecule has 0 aliphatic heterocycles. The largest absolute Gasteiger partial charge is 0.118 e. The molecule has 0 aliphatic carbocycles. The normalized spacial score (nSPS) is 3.00. The second-order valence-electron chi connectivity index (χ2n) is 0. The zero-order valence-electron chi connectivity index (χ0n) is 7.15. The Bertz CT molecular complexity index is 6.49. The topological polar surface area (TPSA) is 0 Å². The van der Waals surface area contributed by atoms with E-state index in [1.165, 1.54) is 0 Å². The van der Waals surface area contributed by atoms with Crippen LogP contribution in [0.1, 0.15) is 41.5 Å². The van der Waals surface area contributed by atoms with E-state index >= 15 is 0 Å². The standard InChI is InChI=1S/3C2H6.H4P2/c4*1-2/h3*1-2H3;1-2H2. The number of hydrogen-bond acceptors (Lipinski definition) is 0. The molecule has 8 heavy (non-hydrogen) atoms. The summed E-state index contributed by atoms with van der Waals surface area (Å²) in [5.41, 5.74) is 0. The first-order valence-corrected chi connectivity index (χ1v) is 6.00. The third kappa shape index (κ3) is 319. The Kier molecular flexibility index (Phi) is 1450. The fraction of sp³-hybridized carbons (Fsp3) is 1.00. The summed E-state index contributed by atoms with van der Waals surface area (Å²) in [5.74, 6) is 0. The van der Waals surface area contributed by atoms with E-state index in [0.717, 1.165) is 0 Å². The summed E-state index contributed by atoms with van der Waals surface area (Å²) in [6.45, 7) is 12.0. The van der Waals surface area contributed by atoms with Crippen LogP contribution in [0.5, 0.6) is 0 Å². The van der Waals surface area contributed by atoms with Gasteiger partial charge in [-0.05, 0) is 0 Å². The molecule has 0 aromatic rings. The Hall–Kier alpha value is 0.860. The van der Waals surface area contributed by atoms with E-state index < -0.39 is 0 Å². The van der Waals surface area contributed by atoms with Crippen molar-refractivity contribution in [1.29, 1.82) is 0 Å². The van der Waals surface area contributed by atoms with E-state index in [1.807, 2.05) is 41.5 Å². The highest BCUT2D eigenvalue weighted by Crippen LogP contribution is 1.86. The van der Waals surface area contributed by atoms with Gasteiger partial charge in [0.1, 0.15) is 0 Å². The number of rotatable bonds is 0. The molecule has 0 nitrogen and oxygen atoms in total. The molecule has 0 aliphatic rings. The zero-order chi connectivity index (χ0) is 8.00. The van der Waals surface area contributed by atoms with E-state index in [-0.39, 0.29) is 0 Å². The van der Waals surface area contributed by atoms with E-state index in [1.54, 1.807) is 0 Å². The third-order valence-electron chi connectivity index (χ3n) is 0. The summed E-state index contributed by atoms with van der Waals surface area (Å²) >= 11 is 0. The monoisotopic (exact) mass is 156 g/mol. The molecule has 56 valence electrons. The lowest BCUT2D eigenvalue weighted by atomic mass is 11.0. The van der Waals surface area contributed by atoms with Gasteiger partial charge in [-0.15, -0.1) is 17.9 Å². The molecule has 0 heterocycles. The van der Waals surface area contributed by atoms with Crippen LogP contribution in [0.4, 0.5) is 0 Å². The SMILES string of the molecule is CC.CC.CC.PP. The van der Waals surface area contributed by atoms with Crippen LogP contribution in [0, 0.1) is 0 Å². The van der Waals surface area contributed by atoms with Crippen molar-refractivity contribution >= 4 is 17.9 Å². The smallest absolute Gasteiger partial charge is 0.0683 e. The fourth-order valence-electron chi connectivity index (χ4n) is 0. The molecule has 0 N–H and O–H groups in total. The molecule has 0 spiro atoms. The molecule has 0 aromatic heterocycles. The van der Waals surface area contributed by atoms with Crippen molar-refractivity contribution in [1.82, 2.24) is 0 Å². The van der Waals surface area contributed by atoms with Gasteiger partial charge in [-0.2, -0.15) is 0 Å².